The molecule has 8 heteroatoms. The Kier molecular flexibility index (Phi) is 5.19. The highest BCUT2D eigenvalue weighted by molar-refractivity contribution is 6.00. The lowest BCUT2D eigenvalue weighted by atomic mass is 10.1. The molecule has 0 aromatic carbocycles. The number of hydrogen-bond acceptors (Lipinski definition) is 5. The van der Waals surface area contributed by atoms with Gasteiger partial charge < -0.3 is 15.8 Å². The fourth-order valence-corrected chi connectivity index (χ4v) is 3.85. The van der Waals surface area contributed by atoms with Gasteiger partial charge in [0, 0.05) is 24.9 Å². The predicted octanol–water partition coefficient (Wildman–Crippen LogP) is 1.34. The second-order valence-corrected chi connectivity index (χ2v) is 7.48. The summed E-state index contributed by atoms with van der Waals surface area (Å²) in [4.78, 5) is 30.8. The number of nitrogen functional groups attached to an aromatic ring is 1. The van der Waals surface area contributed by atoms with Crippen LogP contribution in [0, 0.1) is 6.92 Å². The second kappa shape index (κ2) is 7.79. The maximum Gasteiger partial charge on any atom is 0.278 e. The smallest absolute Gasteiger partial charge is 0.278 e. The number of carbonyl (C=O) groups is 1. The number of nitrogens with two attached hydrogens (primary N) is 1. The molecular formula is C21H26N5O3+. The van der Waals surface area contributed by atoms with E-state index in [0.29, 0.717) is 35.6 Å². The summed E-state index contributed by atoms with van der Waals surface area (Å²) >= 11 is 0. The molecule has 8 nitrogen and oxygen atoms in total. The minimum Gasteiger partial charge on any atom is -0.376 e. The van der Waals surface area contributed by atoms with Gasteiger partial charge in [-0.1, -0.05) is 18.0 Å². The molecule has 0 saturated carbocycles. The van der Waals surface area contributed by atoms with E-state index in [1.54, 1.807) is 16.8 Å². The lowest BCUT2D eigenvalue weighted by molar-refractivity contribution is -0.658. The Morgan fingerprint density at radius 1 is 1.48 bits per heavy atom. The van der Waals surface area contributed by atoms with Crippen LogP contribution < -0.4 is 21.2 Å². The van der Waals surface area contributed by atoms with Crippen molar-refractivity contribution in [2.75, 3.05) is 18.9 Å². The molecule has 3 aromatic heterocycles. The van der Waals surface area contributed by atoms with Crippen molar-refractivity contribution in [1.82, 2.24) is 14.7 Å². The summed E-state index contributed by atoms with van der Waals surface area (Å²) in [5.41, 5.74) is 8.43. The van der Waals surface area contributed by atoms with Gasteiger partial charge >= 0.3 is 0 Å². The topological polar surface area (TPSA) is 103 Å². The lowest BCUT2D eigenvalue weighted by Gasteiger charge is -2.14. The van der Waals surface area contributed by atoms with Crippen LogP contribution in [0.25, 0.3) is 16.7 Å². The molecule has 4 heterocycles. The number of fused-ring (bicyclic) bond motifs is 2. The number of anilines is 1. The van der Waals surface area contributed by atoms with Gasteiger partial charge in [0.25, 0.3) is 17.1 Å². The zero-order valence-electron chi connectivity index (χ0n) is 16.8. The lowest BCUT2D eigenvalue weighted by Crippen LogP contribution is -2.43. The third-order valence-electron chi connectivity index (χ3n) is 5.38. The van der Waals surface area contributed by atoms with Gasteiger partial charge in [-0.15, -0.1) is 0 Å². The van der Waals surface area contributed by atoms with Crippen LogP contribution in [0.2, 0.25) is 0 Å². The van der Waals surface area contributed by atoms with Crippen LogP contribution in [0.5, 0.6) is 0 Å². The van der Waals surface area contributed by atoms with E-state index in [4.69, 9.17) is 15.5 Å². The van der Waals surface area contributed by atoms with Crippen molar-refractivity contribution in [3.05, 3.63) is 45.9 Å². The highest BCUT2D eigenvalue weighted by Crippen LogP contribution is 2.17. The first-order valence-corrected chi connectivity index (χ1v) is 10.0. The van der Waals surface area contributed by atoms with E-state index >= 15 is 0 Å². The molecule has 152 valence electrons. The number of carbonyl (C=O) groups excluding carboxylic acids is 1. The molecule has 0 spiro atoms. The van der Waals surface area contributed by atoms with Gasteiger partial charge in [-0.2, -0.15) is 0 Å². The van der Waals surface area contributed by atoms with E-state index in [9.17, 15) is 9.59 Å². The summed E-state index contributed by atoms with van der Waals surface area (Å²) < 4.78 is 8.85. The number of amides is 1. The molecule has 0 radical (unpaired) electrons. The average molecular weight is 396 g/mol. The van der Waals surface area contributed by atoms with Crippen LogP contribution in [0.15, 0.2) is 29.2 Å². The molecule has 3 aromatic rings. The number of aryl methyl sites for hydroxylation is 2. The maximum atomic E-state index is 13.2. The third kappa shape index (κ3) is 3.44. The zero-order chi connectivity index (χ0) is 20.5. The molecule has 4 rings (SSSR count). The molecule has 0 unspecified atom stereocenters. The number of ether oxygens (including phenoxy) is 1. The summed E-state index contributed by atoms with van der Waals surface area (Å²) in [6.45, 7) is 5.64. The molecule has 1 aliphatic heterocycles. The quantitative estimate of drug-likeness (QED) is 0.501. The Bertz CT molecular complexity index is 1150. The van der Waals surface area contributed by atoms with E-state index in [0.717, 1.165) is 31.4 Å². The van der Waals surface area contributed by atoms with Crippen molar-refractivity contribution in [3.8, 4) is 0 Å². The summed E-state index contributed by atoms with van der Waals surface area (Å²) in [5.74, 6) is 0.00696. The fourth-order valence-electron chi connectivity index (χ4n) is 3.85. The Morgan fingerprint density at radius 3 is 3.03 bits per heavy atom. The van der Waals surface area contributed by atoms with Gasteiger partial charge in [0.2, 0.25) is 11.5 Å². The largest absolute Gasteiger partial charge is 0.376 e. The molecule has 0 bridgehead atoms. The SMILES string of the molecule is CCC[n+]1c(N)c(C(=O)NC[C@H]2CCCO2)cc2c(=O)n3cccc(C)c3nc21. The highest BCUT2D eigenvalue weighted by atomic mass is 16.5. The van der Waals surface area contributed by atoms with Crippen molar-refractivity contribution < 1.29 is 14.1 Å². The van der Waals surface area contributed by atoms with E-state index in [1.807, 2.05) is 26.0 Å². The monoisotopic (exact) mass is 396 g/mol. The number of aromatic nitrogens is 3. The number of rotatable bonds is 5. The van der Waals surface area contributed by atoms with Crippen LogP contribution in [0.4, 0.5) is 5.82 Å². The number of hydrogen-bond donors (Lipinski definition) is 2. The van der Waals surface area contributed by atoms with Crippen molar-refractivity contribution in [2.45, 2.75) is 45.8 Å². The van der Waals surface area contributed by atoms with Crippen LogP contribution >= 0.6 is 0 Å². The van der Waals surface area contributed by atoms with E-state index in [-0.39, 0.29) is 23.1 Å². The van der Waals surface area contributed by atoms with Crippen LogP contribution in [-0.2, 0) is 11.3 Å². The normalized spacial score (nSPS) is 16.6. The second-order valence-electron chi connectivity index (χ2n) is 7.48. The summed E-state index contributed by atoms with van der Waals surface area (Å²) in [5, 5.41) is 3.27. The Balaban J connectivity index is 1.86. The fraction of sp³-hybridized carbons (Fsp3) is 0.429. The first kappa shape index (κ1) is 19.3. The minimum absolute atomic E-state index is 0.0302. The average Bonchev–Trinajstić information content (AvgIpc) is 3.23. The first-order valence-electron chi connectivity index (χ1n) is 10.0. The number of pyridine rings is 2. The molecule has 1 fully saturated rings. The standard InChI is InChI=1S/C21H25N5O3/c1-3-8-25-17(22)15(20(27)23-12-14-7-5-10-29-14)11-16-19(25)24-18-13(2)6-4-9-26(18)21(16)28/h4,6,9,11,14,22H,3,5,7-8,10,12H2,1-2H3,(H,23,27)/p+1/t14-/m1/s1. The van der Waals surface area contributed by atoms with Crippen molar-refractivity contribution >= 4 is 28.4 Å². The van der Waals surface area contributed by atoms with Gasteiger partial charge in [-0.3, -0.25) is 14.0 Å². The first-order chi connectivity index (χ1) is 14.0. The number of nitrogens with zero attached hydrogens (tertiary/aromatic N) is 3. The van der Waals surface area contributed by atoms with E-state index in [1.165, 1.54) is 4.40 Å². The van der Waals surface area contributed by atoms with Crippen molar-refractivity contribution in [1.29, 1.82) is 0 Å². The van der Waals surface area contributed by atoms with Crippen LogP contribution in [0.3, 0.4) is 0 Å². The Hall–Kier alpha value is -3.00. The van der Waals surface area contributed by atoms with Gasteiger partial charge in [0.1, 0.15) is 10.9 Å². The molecule has 0 aliphatic carbocycles. The Morgan fingerprint density at radius 2 is 2.31 bits per heavy atom. The van der Waals surface area contributed by atoms with Crippen LogP contribution in [-0.4, -0.2) is 34.5 Å². The molecule has 3 N–H and O–H groups in total. The predicted molar refractivity (Wildman–Crippen MR) is 110 cm³/mol. The van der Waals surface area contributed by atoms with Gasteiger partial charge in [-0.05, 0) is 38.3 Å². The minimum atomic E-state index is -0.307. The molecular weight excluding hydrogens is 370 g/mol. The van der Waals surface area contributed by atoms with Gasteiger partial charge in [0.15, 0.2) is 0 Å². The Labute approximate surface area is 168 Å². The molecule has 29 heavy (non-hydrogen) atoms. The molecule has 1 aliphatic rings. The summed E-state index contributed by atoms with van der Waals surface area (Å²) in [6, 6.07) is 5.28. The van der Waals surface area contributed by atoms with Crippen molar-refractivity contribution in [2.24, 2.45) is 0 Å². The highest BCUT2D eigenvalue weighted by Gasteiger charge is 2.25. The number of nitrogens with one attached hydrogen (secondary N) is 1. The third-order valence-corrected chi connectivity index (χ3v) is 5.38. The van der Waals surface area contributed by atoms with Crippen molar-refractivity contribution in [3.63, 3.8) is 0 Å². The summed E-state index contributed by atoms with van der Waals surface area (Å²) in [6.07, 6.45) is 4.45. The molecule has 1 amide bonds. The van der Waals surface area contributed by atoms with Crippen LogP contribution in [0.1, 0.15) is 42.1 Å². The van der Waals surface area contributed by atoms with Gasteiger partial charge in [0.05, 0.1) is 12.6 Å². The van der Waals surface area contributed by atoms with E-state index < -0.39 is 0 Å². The zero-order valence-corrected chi connectivity index (χ0v) is 16.8. The molecule has 1 atom stereocenters. The summed E-state index contributed by atoms with van der Waals surface area (Å²) in [7, 11) is 0. The maximum absolute atomic E-state index is 13.2. The molecule has 1 saturated heterocycles. The van der Waals surface area contributed by atoms with Gasteiger partial charge in [-0.25, -0.2) is 4.57 Å². The van der Waals surface area contributed by atoms with E-state index in [2.05, 4.69) is 5.32 Å².